The first-order chi connectivity index (χ1) is 9.39. The fourth-order valence-electron chi connectivity index (χ4n) is 2.32. The maximum atomic E-state index is 12.1. The fourth-order valence-corrected chi connectivity index (χ4v) is 4.20. The molecule has 0 aliphatic carbocycles. The van der Waals surface area contributed by atoms with Crippen LogP contribution in [-0.4, -0.2) is 32.6 Å². The summed E-state index contributed by atoms with van der Waals surface area (Å²) in [6.45, 7) is -0.937. The molecule has 1 saturated heterocycles. The smallest absolute Gasteiger partial charge is 0.387 e. The molecule has 112 valence electrons. The van der Waals surface area contributed by atoms with Gasteiger partial charge in [-0.1, -0.05) is 19.1 Å². The van der Waals surface area contributed by atoms with E-state index in [1.807, 2.05) is 6.92 Å². The number of nitrogens with one attached hydrogen (secondary N) is 1. The first-order valence-electron chi connectivity index (χ1n) is 6.41. The van der Waals surface area contributed by atoms with E-state index in [9.17, 15) is 17.2 Å². The summed E-state index contributed by atoms with van der Waals surface area (Å²) in [4.78, 5) is 0. The number of rotatable bonds is 4. The first-order valence-corrected chi connectivity index (χ1v) is 8.23. The second-order valence-electron chi connectivity index (χ2n) is 4.85. The van der Waals surface area contributed by atoms with E-state index in [4.69, 9.17) is 0 Å². The molecule has 1 fully saturated rings. The molecule has 1 N–H and O–H groups in total. The Labute approximate surface area is 117 Å². The second kappa shape index (κ2) is 6.05. The molecule has 0 saturated carbocycles. The van der Waals surface area contributed by atoms with Gasteiger partial charge in [0.2, 0.25) is 0 Å². The molecule has 2 unspecified atom stereocenters. The van der Waals surface area contributed by atoms with Crippen LogP contribution in [0.2, 0.25) is 0 Å². The highest BCUT2D eigenvalue weighted by molar-refractivity contribution is 7.91. The van der Waals surface area contributed by atoms with Gasteiger partial charge in [-0.3, -0.25) is 0 Å². The minimum Gasteiger partial charge on any atom is -0.435 e. The predicted molar refractivity (Wildman–Crippen MR) is 71.7 cm³/mol. The van der Waals surface area contributed by atoms with Crippen molar-refractivity contribution < 1.29 is 21.9 Å². The van der Waals surface area contributed by atoms with Gasteiger partial charge >= 0.3 is 6.61 Å². The van der Waals surface area contributed by atoms with Crippen molar-refractivity contribution in [3.05, 3.63) is 29.8 Å². The molecule has 1 aliphatic heterocycles. The Morgan fingerprint density at radius 1 is 1.30 bits per heavy atom. The minimum atomic E-state index is -3.08. The van der Waals surface area contributed by atoms with Crippen molar-refractivity contribution in [1.82, 2.24) is 5.32 Å². The summed E-state index contributed by atoms with van der Waals surface area (Å²) in [7, 11) is -3.08. The summed E-state index contributed by atoms with van der Waals surface area (Å²) >= 11 is 0. The van der Waals surface area contributed by atoms with Gasteiger partial charge in [0, 0.05) is 12.1 Å². The van der Waals surface area contributed by atoms with Crippen LogP contribution in [0.25, 0.3) is 0 Å². The van der Waals surface area contributed by atoms with Gasteiger partial charge in [-0.15, -0.1) is 0 Å². The highest BCUT2D eigenvalue weighted by Gasteiger charge is 2.31. The molecule has 0 amide bonds. The van der Waals surface area contributed by atoms with E-state index in [0.29, 0.717) is 0 Å². The van der Waals surface area contributed by atoms with Crippen molar-refractivity contribution in [2.45, 2.75) is 32.0 Å². The van der Waals surface area contributed by atoms with Crippen LogP contribution in [0.15, 0.2) is 24.3 Å². The van der Waals surface area contributed by atoms with Crippen LogP contribution in [0, 0.1) is 0 Å². The number of hydrogen-bond donors (Lipinski definition) is 1. The van der Waals surface area contributed by atoms with Crippen LogP contribution in [-0.2, 0) is 9.84 Å². The Hall–Kier alpha value is -1.21. The van der Waals surface area contributed by atoms with Gasteiger partial charge in [0.05, 0.1) is 11.5 Å². The van der Waals surface area contributed by atoms with E-state index in [1.54, 1.807) is 12.1 Å². The quantitative estimate of drug-likeness (QED) is 0.926. The topological polar surface area (TPSA) is 55.4 Å². The standard InChI is InChI=1S/C13H17F2NO3S/c1-2-10-7-20(17,18)8-12(16-10)9-3-5-11(6-4-9)19-13(14)15/h3-6,10,12-13,16H,2,7-8H2,1H3. The highest BCUT2D eigenvalue weighted by atomic mass is 32.2. The third kappa shape index (κ3) is 3.89. The zero-order chi connectivity index (χ0) is 14.8. The van der Waals surface area contributed by atoms with Crippen molar-refractivity contribution in [1.29, 1.82) is 0 Å². The molecule has 0 radical (unpaired) electrons. The molecule has 0 aromatic heterocycles. The maximum absolute atomic E-state index is 12.1. The fraction of sp³-hybridized carbons (Fsp3) is 0.538. The lowest BCUT2D eigenvalue weighted by molar-refractivity contribution is -0.0498. The lowest BCUT2D eigenvalue weighted by Crippen LogP contribution is -2.46. The molecule has 2 atom stereocenters. The van der Waals surface area contributed by atoms with Crippen molar-refractivity contribution in [3.8, 4) is 5.75 Å². The zero-order valence-corrected chi connectivity index (χ0v) is 11.9. The van der Waals surface area contributed by atoms with Gasteiger partial charge in [0.15, 0.2) is 9.84 Å². The van der Waals surface area contributed by atoms with Gasteiger partial charge in [0.1, 0.15) is 5.75 Å². The molecule has 0 bridgehead atoms. The molecule has 1 heterocycles. The number of halogens is 2. The summed E-state index contributed by atoms with van der Waals surface area (Å²) in [5.41, 5.74) is 0.758. The molecule has 20 heavy (non-hydrogen) atoms. The van der Waals surface area contributed by atoms with Crippen LogP contribution in [0.3, 0.4) is 0 Å². The minimum absolute atomic E-state index is 0.0263. The third-order valence-corrected chi connectivity index (χ3v) is 5.06. The number of sulfone groups is 1. The molecule has 1 aromatic carbocycles. The largest absolute Gasteiger partial charge is 0.435 e. The molecule has 1 aromatic rings. The van der Waals surface area contributed by atoms with E-state index < -0.39 is 16.4 Å². The maximum Gasteiger partial charge on any atom is 0.387 e. The van der Waals surface area contributed by atoms with Crippen molar-refractivity contribution in [3.63, 3.8) is 0 Å². The van der Waals surface area contributed by atoms with Gasteiger partial charge in [0.25, 0.3) is 0 Å². The lowest BCUT2D eigenvalue weighted by Gasteiger charge is -2.30. The Kier molecular flexibility index (Phi) is 4.59. The third-order valence-electron chi connectivity index (χ3n) is 3.31. The average Bonchev–Trinajstić information content (AvgIpc) is 2.37. The van der Waals surface area contributed by atoms with Gasteiger partial charge < -0.3 is 10.1 Å². The van der Waals surface area contributed by atoms with Crippen LogP contribution in [0.1, 0.15) is 24.9 Å². The van der Waals surface area contributed by atoms with Gasteiger partial charge in [-0.2, -0.15) is 8.78 Å². The van der Waals surface area contributed by atoms with Gasteiger partial charge in [-0.25, -0.2) is 8.42 Å². The molecular weight excluding hydrogens is 288 g/mol. The SMILES string of the molecule is CCC1CS(=O)(=O)CC(c2ccc(OC(F)F)cc2)N1. The predicted octanol–water partition coefficient (Wildman–Crippen LogP) is 2.13. The summed E-state index contributed by atoms with van der Waals surface area (Å²) in [5.74, 6) is 0.236. The molecule has 4 nitrogen and oxygen atoms in total. The summed E-state index contributed by atoms with van der Waals surface area (Å²) in [6, 6.07) is 5.69. The van der Waals surface area contributed by atoms with Gasteiger partial charge in [-0.05, 0) is 24.1 Å². The number of alkyl halides is 2. The second-order valence-corrected chi connectivity index (χ2v) is 7.00. The van der Waals surface area contributed by atoms with E-state index >= 15 is 0 Å². The Bertz CT molecular complexity index is 545. The first kappa shape index (κ1) is 15.2. The molecule has 1 aliphatic rings. The zero-order valence-electron chi connectivity index (χ0n) is 11.1. The Morgan fingerprint density at radius 3 is 2.50 bits per heavy atom. The summed E-state index contributed by atoms with van der Waals surface area (Å²) < 4.78 is 52.1. The summed E-state index contributed by atoms with van der Waals surface area (Å²) in [6.07, 6.45) is 0.725. The van der Waals surface area contributed by atoms with Crippen LogP contribution in [0.5, 0.6) is 5.75 Å². The lowest BCUT2D eigenvalue weighted by atomic mass is 10.1. The normalized spacial score (nSPS) is 25.6. The molecule has 2 rings (SSSR count). The molecular formula is C13H17F2NO3S. The highest BCUT2D eigenvalue weighted by Crippen LogP contribution is 2.24. The monoisotopic (exact) mass is 305 g/mol. The Balaban J connectivity index is 2.14. The Morgan fingerprint density at radius 2 is 1.95 bits per heavy atom. The number of ether oxygens (including phenoxy) is 1. The van der Waals surface area contributed by atoms with E-state index in [-0.39, 0.29) is 29.3 Å². The van der Waals surface area contributed by atoms with E-state index in [0.717, 1.165) is 12.0 Å². The van der Waals surface area contributed by atoms with Crippen molar-refractivity contribution >= 4 is 9.84 Å². The van der Waals surface area contributed by atoms with Crippen LogP contribution >= 0.6 is 0 Å². The van der Waals surface area contributed by atoms with Crippen molar-refractivity contribution in [2.24, 2.45) is 0 Å². The molecule has 7 heteroatoms. The molecule has 0 spiro atoms. The van der Waals surface area contributed by atoms with Crippen LogP contribution < -0.4 is 10.1 Å². The number of hydrogen-bond acceptors (Lipinski definition) is 4. The van der Waals surface area contributed by atoms with E-state index in [2.05, 4.69) is 10.1 Å². The van der Waals surface area contributed by atoms with Crippen LogP contribution in [0.4, 0.5) is 8.78 Å². The average molecular weight is 305 g/mol. The van der Waals surface area contributed by atoms with E-state index in [1.165, 1.54) is 12.1 Å². The summed E-state index contributed by atoms with van der Waals surface area (Å²) in [5, 5.41) is 3.27. The number of benzene rings is 1. The van der Waals surface area contributed by atoms with Crippen molar-refractivity contribution in [2.75, 3.05) is 11.5 Å².